The van der Waals surface area contributed by atoms with Crippen molar-refractivity contribution in [2.24, 2.45) is 5.84 Å². The highest BCUT2D eigenvalue weighted by Gasteiger charge is 2.02. The first-order chi connectivity index (χ1) is 7.27. The molecule has 84 valence electrons. The van der Waals surface area contributed by atoms with E-state index in [0.29, 0.717) is 6.42 Å². The molecule has 1 amide bonds. The minimum atomic E-state index is -0.118. The molecule has 0 saturated heterocycles. The number of hydrazine groups is 1. The van der Waals surface area contributed by atoms with Crippen molar-refractivity contribution in [3.8, 4) is 0 Å². The molecule has 0 atom stereocenters. The lowest BCUT2D eigenvalue weighted by Crippen LogP contribution is -2.29. The number of hydrogen-bond donors (Lipinski definition) is 2. The Morgan fingerprint density at radius 3 is 3.13 bits per heavy atom. The summed E-state index contributed by atoms with van der Waals surface area (Å²) in [6.07, 6.45) is 7.06. The normalized spacial score (nSPS) is 10.3. The van der Waals surface area contributed by atoms with Gasteiger partial charge in [-0.2, -0.15) is 0 Å². The highest BCUT2D eigenvalue weighted by Crippen LogP contribution is 2.03. The molecule has 0 fully saturated rings. The van der Waals surface area contributed by atoms with E-state index in [4.69, 9.17) is 5.84 Å². The van der Waals surface area contributed by atoms with E-state index in [1.54, 1.807) is 6.20 Å². The van der Waals surface area contributed by atoms with Crippen LogP contribution >= 0.6 is 0 Å². The number of carbonyl (C=O) groups excluding carboxylic acids is 1. The van der Waals surface area contributed by atoms with Crippen LogP contribution in [0, 0.1) is 0 Å². The molecule has 1 heterocycles. The van der Waals surface area contributed by atoms with Crippen molar-refractivity contribution < 1.29 is 4.79 Å². The summed E-state index contributed by atoms with van der Waals surface area (Å²) in [5.41, 5.74) is 2.12. The topological polar surface area (TPSA) is 72.9 Å². The molecule has 0 aliphatic heterocycles. The van der Waals surface area contributed by atoms with Crippen LogP contribution < -0.4 is 11.3 Å². The first-order valence-electron chi connectivity index (χ1n) is 5.27. The zero-order chi connectivity index (χ0) is 11.1. The molecular formula is C10H18N4O. The molecule has 0 aromatic carbocycles. The van der Waals surface area contributed by atoms with Crippen LogP contribution in [0.25, 0.3) is 0 Å². The average Bonchev–Trinajstić information content (AvgIpc) is 2.66. The predicted octanol–water partition coefficient (Wildman–Crippen LogP) is 0.606. The van der Waals surface area contributed by atoms with Crippen molar-refractivity contribution >= 4 is 5.91 Å². The second kappa shape index (κ2) is 6.19. The first kappa shape index (κ1) is 11.7. The minimum Gasteiger partial charge on any atom is -0.335 e. The number of rotatable bonds is 6. The molecule has 3 N–H and O–H groups in total. The van der Waals surface area contributed by atoms with E-state index < -0.39 is 0 Å². The monoisotopic (exact) mass is 210 g/mol. The molecule has 15 heavy (non-hydrogen) atoms. The lowest BCUT2D eigenvalue weighted by Gasteiger charge is -2.06. The average molecular weight is 210 g/mol. The van der Waals surface area contributed by atoms with E-state index in [1.165, 1.54) is 0 Å². The maximum atomic E-state index is 10.9. The smallest absolute Gasteiger partial charge is 0.233 e. The van der Waals surface area contributed by atoms with Gasteiger partial charge in [0.2, 0.25) is 5.91 Å². The minimum absolute atomic E-state index is 0.118. The van der Waals surface area contributed by atoms with E-state index in [9.17, 15) is 4.79 Å². The van der Waals surface area contributed by atoms with Crippen LogP contribution in [0.1, 0.15) is 32.0 Å². The highest BCUT2D eigenvalue weighted by molar-refractivity contribution is 5.74. The zero-order valence-corrected chi connectivity index (χ0v) is 9.07. The Balaban J connectivity index is 2.36. The van der Waals surface area contributed by atoms with Crippen molar-refractivity contribution in [1.82, 2.24) is 15.0 Å². The van der Waals surface area contributed by atoms with E-state index in [2.05, 4.69) is 21.9 Å². The zero-order valence-electron chi connectivity index (χ0n) is 9.07. The highest BCUT2D eigenvalue weighted by atomic mass is 16.2. The van der Waals surface area contributed by atoms with Crippen molar-refractivity contribution in [3.63, 3.8) is 0 Å². The Morgan fingerprint density at radius 2 is 2.47 bits per heavy atom. The molecule has 0 saturated carbocycles. The van der Waals surface area contributed by atoms with Gasteiger partial charge in [-0.1, -0.05) is 6.92 Å². The van der Waals surface area contributed by atoms with Crippen LogP contribution in [0.3, 0.4) is 0 Å². The molecule has 1 aromatic rings. The number of nitrogens with two attached hydrogens (primary N) is 1. The summed E-state index contributed by atoms with van der Waals surface area (Å²) in [5, 5.41) is 0. The summed E-state index contributed by atoms with van der Waals surface area (Å²) >= 11 is 0. The number of carbonyl (C=O) groups is 1. The van der Waals surface area contributed by atoms with Gasteiger partial charge in [-0.15, -0.1) is 0 Å². The molecule has 1 aromatic heterocycles. The van der Waals surface area contributed by atoms with Crippen molar-refractivity contribution in [1.29, 1.82) is 0 Å². The third kappa shape index (κ3) is 3.71. The Bertz CT molecular complexity index is 308. The number of nitrogens with one attached hydrogen (secondary N) is 1. The Kier molecular flexibility index (Phi) is 4.83. The maximum absolute atomic E-state index is 10.9. The first-order valence-corrected chi connectivity index (χ1v) is 5.27. The molecule has 0 bridgehead atoms. The van der Waals surface area contributed by atoms with Crippen LogP contribution in [-0.2, 0) is 17.8 Å². The van der Waals surface area contributed by atoms with Gasteiger partial charge >= 0.3 is 0 Å². The molecule has 0 aliphatic rings. The summed E-state index contributed by atoms with van der Waals surface area (Å²) in [6, 6.07) is 0. The van der Waals surface area contributed by atoms with Gasteiger partial charge in [0.15, 0.2) is 0 Å². The van der Waals surface area contributed by atoms with E-state index in [0.717, 1.165) is 31.6 Å². The van der Waals surface area contributed by atoms with Gasteiger partial charge in [0.25, 0.3) is 0 Å². The Labute approximate surface area is 89.6 Å². The van der Waals surface area contributed by atoms with Crippen molar-refractivity contribution in [2.45, 2.75) is 39.2 Å². The standard InChI is InChI=1S/C10H18N4O/c1-2-4-9-12-6-8-14(9)7-3-5-10(15)13-11/h6,8H,2-5,7,11H2,1H3,(H,13,15). The molecule has 0 radical (unpaired) electrons. The molecule has 5 nitrogen and oxygen atoms in total. The van der Waals surface area contributed by atoms with Gasteiger partial charge in [-0.25, -0.2) is 10.8 Å². The fourth-order valence-corrected chi connectivity index (χ4v) is 1.48. The maximum Gasteiger partial charge on any atom is 0.233 e. The lowest BCUT2D eigenvalue weighted by atomic mass is 10.3. The predicted molar refractivity (Wildman–Crippen MR) is 57.8 cm³/mol. The van der Waals surface area contributed by atoms with Crippen LogP contribution in [0.5, 0.6) is 0 Å². The van der Waals surface area contributed by atoms with Crippen LogP contribution in [0.2, 0.25) is 0 Å². The second-order valence-electron chi connectivity index (χ2n) is 3.46. The largest absolute Gasteiger partial charge is 0.335 e. The van der Waals surface area contributed by atoms with Crippen LogP contribution in [-0.4, -0.2) is 15.5 Å². The SMILES string of the molecule is CCCc1nccn1CCCC(=O)NN. The van der Waals surface area contributed by atoms with Gasteiger partial charge in [0, 0.05) is 31.8 Å². The summed E-state index contributed by atoms with van der Waals surface area (Å²) < 4.78 is 2.09. The second-order valence-corrected chi connectivity index (χ2v) is 3.46. The third-order valence-electron chi connectivity index (χ3n) is 2.24. The molecule has 0 aliphatic carbocycles. The fourth-order valence-electron chi connectivity index (χ4n) is 1.48. The molecule has 5 heteroatoms. The van der Waals surface area contributed by atoms with Gasteiger partial charge in [0.05, 0.1) is 0 Å². The van der Waals surface area contributed by atoms with E-state index in [-0.39, 0.29) is 5.91 Å². The molecule has 0 unspecified atom stereocenters. The molecule has 1 rings (SSSR count). The number of aryl methyl sites for hydroxylation is 2. The number of imidazole rings is 1. The summed E-state index contributed by atoms with van der Waals surface area (Å²) in [7, 11) is 0. The fraction of sp³-hybridized carbons (Fsp3) is 0.600. The van der Waals surface area contributed by atoms with Gasteiger partial charge < -0.3 is 4.57 Å². The number of aromatic nitrogens is 2. The van der Waals surface area contributed by atoms with Gasteiger partial charge in [-0.05, 0) is 12.8 Å². The van der Waals surface area contributed by atoms with Crippen molar-refractivity contribution in [3.05, 3.63) is 18.2 Å². The van der Waals surface area contributed by atoms with E-state index >= 15 is 0 Å². The molecular weight excluding hydrogens is 192 g/mol. The van der Waals surface area contributed by atoms with Gasteiger partial charge in [0.1, 0.15) is 5.82 Å². The van der Waals surface area contributed by atoms with Crippen molar-refractivity contribution in [2.75, 3.05) is 0 Å². The number of hydrogen-bond acceptors (Lipinski definition) is 3. The van der Waals surface area contributed by atoms with E-state index in [1.807, 2.05) is 6.20 Å². The Morgan fingerprint density at radius 1 is 1.67 bits per heavy atom. The third-order valence-corrected chi connectivity index (χ3v) is 2.24. The number of nitrogens with zero attached hydrogens (tertiary/aromatic N) is 2. The summed E-state index contributed by atoms with van der Waals surface area (Å²) in [4.78, 5) is 15.2. The lowest BCUT2D eigenvalue weighted by molar-refractivity contribution is -0.121. The van der Waals surface area contributed by atoms with Crippen LogP contribution in [0.4, 0.5) is 0 Å². The number of amides is 1. The quantitative estimate of drug-likeness (QED) is 0.410. The Hall–Kier alpha value is -1.36. The van der Waals surface area contributed by atoms with Gasteiger partial charge in [-0.3, -0.25) is 10.2 Å². The summed E-state index contributed by atoms with van der Waals surface area (Å²) in [5.74, 6) is 5.96. The summed E-state index contributed by atoms with van der Waals surface area (Å²) in [6.45, 7) is 2.95. The molecule has 0 spiro atoms. The van der Waals surface area contributed by atoms with Crippen LogP contribution in [0.15, 0.2) is 12.4 Å².